The SMILES string of the molecule is Cc1ncsc1CN(C)C[C@@H]1CCN(C(=O)C2(O)CCC2)C1. The van der Waals surface area contributed by atoms with Gasteiger partial charge in [-0.15, -0.1) is 11.3 Å². The summed E-state index contributed by atoms with van der Waals surface area (Å²) in [6.07, 6.45) is 3.28. The molecule has 2 aliphatic rings. The van der Waals surface area contributed by atoms with Crippen molar-refractivity contribution in [1.29, 1.82) is 0 Å². The van der Waals surface area contributed by atoms with Crippen LogP contribution in [0.5, 0.6) is 0 Å². The van der Waals surface area contributed by atoms with Crippen LogP contribution < -0.4 is 0 Å². The van der Waals surface area contributed by atoms with Crippen molar-refractivity contribution >= 4 is 17.2 Å². The smallest absolute Gasteiger partial charge is 0.254 e. The number of aromatic nitrogens is 1. The normalized spacial score (nSPS) is 23.8. The van der Waals surface area contributed by atoms with E-state index in [0.29, 0.717) is 18.8 Å². The molecule has 1 aliphatic carbocycles. The average molecular weight is 323 g/mol. The summed E-state index contributed by atoms with van der Waals surface area (Å²) in [7, 11) is 2.13. The fraction of sp³-hybridized carbons (Fsp3) is 0.750. The van der Waals surface area contributed by atoms with Crippen LogP contribution in [0.2, 0.25) is 0 Å². The second-order valence-electron chi connectivity index (χ2n) is 6.85. The Morgan fingerprint density at radius 3 is 2.95 bits per heavy atom. The molecule has 0 bridgehead atoms. The largest absolute Gasteiger partial charge is 0.380 e. The van der Waals surface area contributed by atoms with E-state index in [1.807, 2.05) is 10.4 Å². The van der Waals surface area contributed by atoms with Gasteiger partial charge in [-0.05, 0) is 45.6 Å². The van der Waals surface area contributed by atoms with Gasteiger partial charge in [-0.3, -0.25) is 4.79 Å². The van der Waals surface area contributed by atoms with Crippen LogP contribution in [0.3, 0.4) is 0 Å². The average Bonchev–Trinajstić information content (AvgIpc) is 3.05. The highest BCUT2D eigenvalue weighted by Gasteiger charge is 2.45. The van der Waals surface area contributed by atoms with Crippen molar-refractivity contribution < 1.29 is 9.90 Å². The Bertz CT molecular complexity index is 541. The summed E-state index contributed by atoms with van der Waals surface area (Å²) in [5.74, 6) is 0.466. The second kappa shape index (κ2) is 6.26. The number of amides is 1. The summed E-state index contributed by atoms with van der Waals surface area (Å²) in [5, 5.41) is 10.2. The number of hydrogen-bond donors (Lipinski definition) is 1. The maximum absolute atomic E-state index is 12.3. The highest BCUT2D eigenvalue weighted by molar-refractivity contribution is 7.09. The minimum absolute atomic E-state index is 0.0396. The van der Waals surface area contributed by atoms with Gasteiger partial charge in [-0.25, -0.2) is 4.98 Å². The third-order valence-electron chi connectivity index (χ3n) is 4.98. The van der Waals surface area contributed by atoms with Crippen LogP contribution in [0, 0.1) is 12.8 Å². The zero-order valence-corrected chi connectivity index (χ0v) is 14.2. The van der Waals surface area contributed by atoms with E-state index in [0.717, 1.165) is 44.7 Å². The van der Waals surface area contributed by atoms with Gasteiger partial charge in [0.15, 0.2) is 0 Å². The van der Waals surface area contributed by atoms with Gasteiger partial charge in [0, 0.05) is 31.1 Å². The van der Waals surface area contributed by atoms with Crippen LogP contribution >= 0.6 is 11.3 Å². The van der Waals surface area contributed by atoms with E-state index in [1.165, 1.54) is 4.88 Å². The van der Waals surface area contributed by atoms with Crippen molar-refractivity contribution in [2.24, 2.45) is 5.92 Å². The van der Waals surface area contributed by atoms with Gasteiger partial charge in [0.2, 0.25) is 0 Å². The van der Waals surface area contributed by atoms with Crippen molar-refractivity contribution in [1.82, 2.24) is 14.8 Å². The Morgan fingerprint density at radius 1 is 1.59 bits per heavy atom. The summed E-state index contributed by atoms with van der Waals surface area (Å²) >= 11 is 1.70. The lowest BCUT2D eigenvalue weighted by Crippen LogP contribution is -2.52. The Morgan fingerprint density at radius 2 is 2.36 bits per heavy atom. The predicted octanol–water partition coefficient (Wildman–Crippen LogP) is 1.65. The fourth-order valence-electron chi connectivity index (χ4n) is 3.41. The van der Waals surface area contributed by atoms with Gasteiger partial charge in [0.05, 0.1) is 11.2 Å². The van der Waals surface area contributed by atoms with E-state index in [4.69, 9.17) is 0 Å². The highest BCUT2D eigenvalue weighted by Crippen LogP contribution is 2.34. The molecule has 1 amide bonds. The molecule has 22 heavy (non-hydrogen) atoms. The summed E-state index contributed by atoms with van der Waals surface area (Å²) in [6.45, 7) is 5.53. The van der Waals surface area contributed by atoms with E-state index < -0.39 is 5.60 Å². The standard InChI is InChI=1S/C16H25N3O2S/c1-12-14(22-11-17-12)10-18(2)8-13-4-7-19(9-13)15(20)16(21)5-3-6-16/h11,13,21H,3-10H2,1-2H3/t13-/m0/s1. The Hall–Kier alpha value is -0.980. The molecule has 0 unspecified atom stereocenters. The van der Waals surface area contributed by atoms with Crippen molar-refractivity contribution in [3.63, 3.8) is 0 Å². The van der Waals surface area contributed by atoms with E-state index >= 15 is 0 Å². The first-order chi connectivity index (χ1) is 10.5. The zero-order chi connectivity index (χ0) is 15.7. The number of carbonyl (C=O) groups excluding carboxylic acids is 1. The van der Waals surface area contributed by atoms with Crippen molar-refractivity contribution in [2.45, 2.75) is 44.8 Å². The first-order valence-electron chi connectivity index (χ1n) is 8.07. The lowest BCUT2D eigenvalue weighted by molar-refractivity contribution is -0.159. The molecule has 6 heteroatoms. The van der Waals surface area contributed by atoms with Gasteiger partial charge in [0.25, 0.3) is 5.91 Å². The van der Waals surface area contributed by atoms with Crippen molar-refractivity contribution in [3.8, 4) is 0 Å². The number of hydrogen-bond acceptors (Lipinski definition) is 5. The van der Waals surface area contributed by atoms with Gasteiger partial charge >= 0.3 is 0 Å². The van der Waals surface area contributed by atoms with Crippen LogP contribution in [0.25, 0.3) is 0 Å². The van der Waals surface area contributed by atoms with Crippen molar-refractivity contribution in [3.05, 3.63) is 16.1 Å². The maximum Gasteiger partial charge on any atom is 0.254 e. The van der Waals surface area contributed by atoms with Crippen LogP contribution in [0.1, 0.15) is 36.3 Å². The summed E-state index contributed by atoms with van der Waals surface area (Å²) in [4.78, 5) is 22.1. The molecule has 0 radical (unpaired) electrons. The lowest BCUT2D eigenvalue weighted by Gasteiger charge is -2.38. The number of aliphatic hydroxyl groups is 1. The van der Waals surface area contributed by atoms with Gasteiger partial charge < -0.3 is 14.9 Å². The molecule has 1 atom stereocenters. The van der Waals surface area contributed by atoms with Crippen LogP contribution in [0.4, 0.5) is 0 Å². The third kappa shape index (κ3) is 3.19. The molecular weight excluding hydrogens is 298 g/mol. The number of aryl methyl sites for hydroxylation is 1. The van der Waals surface area contributed by atoms with Crippen molar-refractivity contribution in [2.75, 3.05) is 26.7 Å². The quantitative estimate of drug-likeness (QED) is 0.895. The molecule has 1 aliphatic heterocycles. The zero-order valence-electron chi connectivity index (χ0n) is 13.4. The van der Waals surface area contributed by atoms with E-state index in [-0.39, 0.29) is 5.91 Å². The molecular formula is C16H25N3O2S. The molecule has 0 aromatic carbocycles. The van der Waals surface area contributed by atoms with Gasteiger partial charge in [-0.2, -0.15) is 0 Å². The van der Waals surface area contributed by atoms with Gasteiger partial charge in [0.1, 0.15) is 5.60 Å². The molecule has 1 aromatic rings. The number of nitrogens with zero attached hydrogens (tertiary/aromatic N) is 3. The van der Waals surface area contributed by atoms with E-state index in [1.54, 1.807) is 11.3 Å². The second-order valence-corrected chi connectivity index (χ2v) is 7.79. The van der Waals surface area contributed by atoms with Gasteiger partial charge in [-0.1, -0.05) is 0 Å². The molecule has 1 N–H and O–H groups in total. The maximum atomic E-state index is 12.3. The first-order valence-corrected chi connectivity index (χ1v) is 8.95. The molecule has 1 aromatic heterocycles. The van der Waals surface area contributed by atoms with Crippen LogP contribution in [0.15, 0.2) is 5.51 Å². The van der Waals surface area contributed by atoms with E-state index in [9.17, 15) is 9.90 Å². The molecule has 2 fully saturated rings. The number of rotatable bonds is 5. The molecule has 1 saturated carbocycles. The minimum Gasteiger partial charge on any atom is -0.380 e. The predicted molar refractivity (Wildman–Crippen MR) is 86.7 cm³/mol. The lowest BCUT2D eigenvalue weighted by atomic mass is 9.79. The minimum atomic E-state index is -1.04. The number of likely N-dealkylation sites (tertiary alicyclic amines) is 1. The number of thiazole rings is 1. The molecule has 3 rings (SSSR count). The summed E-state index contributed by atoms with van der Waals surface area (Å²) in [6, 6.07) is 0. The third-order valence-corrected chi connectivity index (χ3v) is 5.90. The fourth-order valence-corrected chi connectivity index (χ4v) is 4.27. The molecule has 2 heterocycles. The topological polar surface area (TPSA) is 56.7 Å². The summed E-state index contributed by atoms with van der Waals surface area (Å²) < 4.78 is 0. The summed E-state index contributed by atoms with van der Waals surface area (Å²) in [5.41, 5.74) is 1.97. The molecule has 5 nitrogen and oxygen atoms in total. The molecule has 0 spiro atoms. The van der Waals surface area contributed by atoms with Crippen LogP contribution in [-0.2, 0) is 11.3 Å². The molecule has 122 valence electrons. The highest BCUT2D eigenvalue weighted by atomic mass is 32.1. The Labute approximate surface area is 135 Å². The van der Waals surface area contributed by atoms with Crippen LogP contribution in [-0.4, -0.2) is 58.1 Å². The molecule has 1 saturated heterocycles. The Kier molecular flexibility index (Phi) is 4.52. The number of carbonyl (C=O) groups is 1. The van der Waals surface area contributed by atoms with E-state index in [2.05, 4.69) is 23.9 Å². The first kappa shape index (κ1) is 15.9. The monoisotopic (exact) mass is 323 g/mol. The Balaban J connectivity index is 1.48.